The highest BCUT2D eigenvalue weighted by atomic mass is 16.4. The van der Waals surface area contributed by atoms with Crippen molar-refractivity contribution in [2.45, 2.75) is 43.4 Å². The van der Waals surface area contributed by atoms with Gasteiger partial charge in [-0.25, -0.2) is 9.59 Å². The molecule has 0 aromatic carbocycles. The zero-order chi connectivity index (χ0) is 15.8. The molecule has 1 heterocycles. The smallest absolute Gasteiger partial charge is 0.326 e. The van der Waals surface area contributed by atoms with Crippen LogP contribution in [-0.4, -0.2) is 88.8 Å². The van der Waals surface area contributed by atoms with Crippen LogP contribution in [0.1, 0.15) is 25.7 Å². The maximum Gasteiger partial charge on any atom is 0.326 e. The number of hydrogen-bond donors (Lipinski definition) is 2. The molecule has 0 radical (unpaired) electrons. The molecular formula is C14H25N3O4. The molecule has 1 saturated heterocycles. The van der Waals surface area contributed by atoms with Crippen LogP contribution < -0.4 is 0 Å². The number of aliphatic hydroxyl groups is 1. The van der Waals surface area contributed by atoms with E-state index in [1.807, 2.05) is 14.1 Å². The summed E-state index contributed by atoms with van der Waals surface area (Å²) < 4.78 is 0. The molecule has 2 aliphatic rings. The van der Waals surface area contributed by atoms with Gasteiger partial charge in [0.1, 0.15) is 6.04 Å². The second-order valence-corrected chi connectivity index (χ2v) is 6.51. The van der Waals surface area contributed by atoms with Crippen LogP contribution in [0.5, 0.6) is 0 Å². The van der Waals surface area contributed by atoms with Crippen LogP contribution >= 0.6 is 0 Å². The molecule has 2 amide bonds. The summed E-state index contributed by atoms with van der Waals surface area (Å²) >= 11 is 0. The number of urea groups is 1. The predicted molar refractivity (Wildman–Crippen MR) is 77.0 cm³/mol. The summed E-state index contributed by atoms with van der Waals surface area (Å²) in [6.45, 7) is 0.673. The minimum Gasteiger partial charge on any atom is -0.480 e. The minimum absolute atomic E-state index is 0.00146. The molecule has 1 unspecified atom stereocenters. The van der Waals surface area contributed by atoms with Gasteiger partial charge in [0, 0.05) is 32.1 Å². The van der Waals surface area contributed by atoms with Crippen LogP contribution in [0.25, 0.3) is 0 Å². The van der Waals surface area contributed by atoms with Crippen LogP contribution in [0.2, 0.25) is 0 Å². The van der Waals surface area contributed by atoms with Gasteiger partial charge in [0.2, 0.25) is 0 Å². The molecule has 1 aliphatic heterocycles. The predicted octanol–water partition coefficient (Wildman–Crippen LogP) is 0.0423. The summed E-state index contributed by atoms with van der Waals surface area (Å²) in [7, 11) is 5.73. The van der Waals surface area contributed by atoms with Crippen LogP contribution in [0.15, 0.2) is 0 Å². The normalized spacial score (nSPS) is 27.6. The molecule has 7 heteroatoms. The summed E-state index contributed by atoms with van der Waals surface area (Å²) in [5, 5.41) is 18.8. The molecule has 0 spiro atoms. The van der Waals surface area contributed by atoms with Crippen molar-refractivity contribution in [3.63, 3.8) is 0 Å². The van der Waals surface area contributed by atoms with E-state index in [4.69, 9.17) is 0 Å². The van der Waals surface area contributed by atoms with Gasteiger partial charge in [0.05, 0.1) is 6.10 Å². The van der Waals surface area contributed by atoms with E-state index in [2.05, 4.69) is 4.90 Å². The van der Waals surface area contributed by atoms with E-state index < -0.39 is 18.1 Å². The summed E-state index contributed by atoms with van der Waals surface area (Å²) in [6, 6.07) is -1.24. The van der Waals surface area contributed by atoms with E-state index in [1.165, 1.54) is 4.90 Å². The molecule has 120 valence electrons. The average molecular weight is 299 g/mol. The largest absolute Gasteiger partial charge is 0.480 e. The molecular weight excluding hydrogens is 274 g/mol. The summed E-state index contributed by atoms with van der Waals surface area (Å²) in [4.78, 5) is 28.7. The Balaban J connectivity index is 2.03. The average Bonchev–Trinajstić information content (AvgIpc) is 2.74. The van der Waals surface area contributed by atoms with Gasteiger partial charge in [-0.3, -0.25) is 0 Å². The van der Waals surface area contributed by atoms with Crippen molar-refractivity contribution in [2.24, 2.45) is 0 Å². The highest BCUT2D eigenvalue weighted by molar-refractivity contribution is 5.83. The van der Waals surface area contributed by atoms with Crippen molar-refractivity contribution >= 4 is 12.0 Å². The third kappa shape index (κ3) is 2.98. The molecule has 2 N–H and O–H groups in total. The van der Waals surface area contributed by atoms with E-state index in [1.54, 1.807) is 11.9 Å². The van der Waals surface area contributed by atoms with Gasteiger partial charge in [-0.05, 0) is 33.4 Å². The number of hydrogen-bond acceptors (Lipinski definition) is 4. The SMILES string of the molecule is CN(CC1(N(C)C)CCC1)C(=O)N1CC(O)C[C@H]1C(=O)O. The summed E-state index contributed by atoms with van der Waals surface area (Å²) in [5.74, 6) is -1.06. The maximum atomic E-state index is 12.5. The Morgan fingerprint density at radius 1 is 1.29 bits per heavy atom. The molecule has 0 bridgehead atoms. The highest BCUT2D eigenvalue weighted by Crippen LogP contribution is 2.37. The lowest BCUT2D eigenvalue weighted by Gasteiger charge is -2.49. The first-order valence-electron chi connectivity index (χ1n) is 7.37. The lowest BCUT2D eigenvalue weighted by atomic mass is 9.75. The topological polar surface area (TPSA) is 84.3 Å². The third-order valence-electron chi connectivity index (χ3n) is 4.90. The van der Waals surface area contributed by atoms with Crippen molar-refractivity contribution in [2.75, 3.05) is 34.2 Å². The maximum absolute atomic E-state index is 12.5. The Hall–Kier alpha value is -1.34. The van der Waals surface area contributed by atoms with E-state index >= 15 is 0 Å². The Kier molecular flexibility index (Phi) is 4.43. The number of carbonyl (C=O) groups is 2. The van der Waals surface area contributed by atoms with Crippen molar-refractivity contribution in [1.29, 1.82) is 0 Å². The number of amides is 2. The number of carboxylic acid groups (broad SMARTS) is 1. The Morgan fingerprint density at radius 2 is 1.90 bits per heavy atom. The second kappa shape index (κ2) is 5.81. The second-order valence-electron chi connectivity index (χ2n) is 6.51. The quantitative estimate of drug-likeness (QED) is 0.766. The lowest BCUT2D eigenvalue weighted by molar-refractivity contribution is -0.141. The number of likely N-dealkylation sites (tertiary alicyclic amines) is 1. The first-order chi connectivity index (χ1) is 9.77. The number of aliphatic carboxylic acids is 1. The molecule has 0 aromatic heterocycles. The first-order valence-corrected chi connectivity index (χ1v) is 7.37. The summed E-state index contributed by atoms with van der Waals surface area (Å²) in [5.41, 5.74) is 0.00146. The zero-order valence-corrected chi connectivity index (χ0v) is 12.9. The Morgan fingerprint density at radius 3 is 2.33 bits per heavy atom. The Bertz CT molecular complexity index is 422. The number of aliphatic hydroxyl groups excluding tert-OH is 1. The molecule has 2 rings (SSSR count). The third-order valence-corrected chi connectivity index (χ3v) is 4.90. The molecule has 2 atom stereocenters. The van der Waals surface area contributed by atoms with E-state index in [0.29, 0.717) is 6.54 Å². The highest BCUT2D eigenvalue weighted by Gasteiger charge is 2.44. The van der Waals surface area contributed by atoms with Gasteiger partial charge in [-0.2, -0.15) is 0 Å². The van der Waals surface area contributed by atoms with Crippen LogP contribution in [0.4, 0.5) is 4.79 Å². The van der Waals surface area contributed by atoms with Gasteiger partial charge in [-0.1, -0.05) is 0 Å². The van der Waals surface area contributed by atoms with E-state index in [9.17, 15) is 19.8 Å². The fourth-order valence-corrected chi connectivity index (χ4v) is 3.32. The lowest BCUT2D eigenvalue weighted by Crippen LogP contribution is -2.59. The zero-order valence-electron chi connectivity index (χ0n) is 12.9. The van der Waals surface area contributed by atoms with Crippen molar-refractivity contribution in [3.05, 3.63) is 0 Å². The number of nitrogens with zero attached hydrogens (tertiary/aromatic N) is 3. The molecule has 21 heavy (non-hydrogen) atoms. The number of rotatable bonds is 4. The van der Waals surface area contributed by atoms with Crippen molar-refractivity contribution in [3.8, 4) is 0 Å². The standard InChI is InChI=1S/C14H25N3O4/c1-15(2)14(5-4-6-14)9-16(3)13(21)17-8-10(18)7-11(17)12(19)20/h10-11,18H,4-9H2,1-3H3,(H,19,20)/t10?,11-/m0/s1. The fraction of sp³-hybridized carbons (Fsp3) is 0.857. The number of likely N-dealkylation sites (N-methyl/N-ethyl adjacent to an activating group) is 2. The van der Waals surface area contributed by atoms with Crippen molar-refractivity contribution < 1.29 is 19.8 Å². The van der Waals surface area contributed by atoms with Crippen LogP contribution in [-0.2, 0) is 4.79 Å². The first kappa shape index (κ1) is 16.0. The van der Waals surface area contributed by atoms with E-state index in [-0.39, 0.29) is 24.5 Å². The molecule has 7 nitrogen and oxygen atoms in total. The minimum atomic E-state index is -1.06. The monoisotopic (exact) mass is 299 g/mol. The number of β-amino-alcohol motifs (C(OH)–C–C–N with tert-alkyl or cyclic N) is 1. The van der Waals surface area contributed by atoms with Crippen LogP contribution in [0, 0.1) is 0 Å². The van der Waals surface area contributed by atoms with Crippen LogP contribution in [0.3, 0.4) is 0 Å². The van der Waals surface area contributed by atoms with Gasteiger partial charge in [-0.15, -0.1) is 0 Å². The van der Waals surface area contributed by atoms with Gasteiger partial charge in [0.25, 0.3) is 0 Å². The molecule has 1 saturated carbocycles. The van der Waals surface area contributed by atoms with Gasteiger partial charge >= 0.3 is 12.0 Å². The number of carboxylic acids is 1. The summed E-state index contributed by atoms with van der Waals surface area (Å²) in [6.07, 6.45) is 2.59. The van der Waals surface area contributed by atoms with Gasteiger partial charge in [0.15, 0.2) is 0 Å². The van der Waals surface area contributed by atoms with E-state index in [0.717, 1.165) is 19.3 Å². The molecule has 2 fully saturated rings. The fourth-order valence-electron chi connectivity index (χ4n) is 3.32. The molecule has 1 aliphatic carbocycles. The van der Waals surface area contributed by atoms with Gasteiger partial charge < -0.3 is 24.9 Å². The molecule has 0 aromatic rings. The number of carbonyl (C=O) groups excluding carboxylic acids is 1. The van der Waals surface area contributed by atoms with Crippen molar-refractivity contribution in [1.82, 2.24) is 14.7 Å². The Labute approximate surface area is 125 Å².